The predicted molar refractivity (Wildman–Crippen MR) is 119 cm³/mol. The van der Waals surface area contributed by atoms with Crippen LogP contribution in [0, 0.1) is 0 Å². The Morgan fingerprint density at radius 1 is 1.23 bits per heavy atom. The molecule has 0 spiro atoms. The molecule has 0 aromatic heterocycles. The molecule has 1 amide bonds. The van der Waals surface area contributed by atoms with E-state index in [0.29, 0.717) is 29.4 Å². The highest BCUT2D eigenvalue weighted by Gasteiger charge is 2.36. The fraction of sp³-hybridized carbons (Fsp3) is 0.105. The van der Waals surface area contributed by atoms with Gasteiger partial charge in [0.05, 0.1) is 4.91 Å². The Kier molecular flexibility index (Phi) is 5.60. The van der Waals surface area contributed by atoms with Gasteiger partial charge in [0.1, 0.15) is 17.3 Å². The van der Waals surface area contributed by atoms with Crippen LogP contribution in [0.3, 0.4) is 0 Å². The van der Waals surface area contributed by atoms with Crippen LogP contribution in [0.5, 0.6) is 5.75 Å². The minimum Gasteiger partial charge on any atom is -0.492 e. The first-order valence-corrected chi connectivity index (χ1v) is 11.5. The Morgan fingerprint density at radius 3 is 2.83 bits per heavy atom. The lowest BCUT2D eigenvalue weighted by Crippen LogP contribution is -2.44. The monoisotopic (exact) mass is 460 g/mol. The summed E-state index contributed by atoms with van der Waals surface area (Å²) in [6.07, 6.45) is 1.69. The van der Waals surface area contributed by atoms with Gasteiger partial charge in [-0.25, -0.2) is 0 Å². The van der Waals surface area contributed by atoms with Crippen LogP contribution < -0.4 is 15.9 Å². The van der Waals surface area contributed by atoms with Crippen molar-refractivity contribution in [3.8, 4) is 5.75 Å². The molecule has 0 atom stereocenters. The minimum atomic E-state index is -3.81. The van der Waals surface area contributed by atoms with E-state index in [0.717, 1.165) is 22.3 Å². The molecule has 4 rings (SSSR count). The van der Waals surface area contributed by atoms with Gasteiger partial charge in [-0.05, 0) is 48.1 Å². The maximum absolute atomic E-state index is 12.9. The third kappa shape index (κ3) is 3.97. The van der Waals surface area contributed by atoms with Crippen LogP contribution in [-0.2, 0) is 14.8 Å². The van der Waals surface area contributed by atoms with E-state index < -0.39 is 15.9 Å². The van der Waals surface area contributed by atoms with E-state index in [1.807, 2.05) is 12.1 Å². The lowest BCUT2D eigenvalue weighted by Gasteiger charge is -2.16. The highest BCUT2D eigenvalue weighted by molar-refractivity contribution is 8.26. The molecular weight excluding hydrogens is 444 g/mol. The Labute approximate surface area is 182 Å². The molecule has 1 fully saturated rings. The molecule has 8 nitrogen and oxygen atoms in total. The number of hydrogen-bond acceptors (Lipinski definition) is 8. The van der Waals surface area contributed by atoms with Crippen molar-refractivity contribution in [2.45, 2.75) is 4.90 Å². The minimum absolute atomic E-state index is 0.0559. The smallest absolute Gasteiger partial charge is 0.285 e. The number of hydrogen-bond donors (Lipinski definition) is 2. The normalized spacial score (nSPS) is 18.5. The summed E-state index contributed by atoms with van der Waals surface area (Å²) in [5, 5.41) is 1.12. The molecular formula is C19H16N4O4S3. The van der Waals surface area contributed by atoms with Gasteiger partial charge in [0.15, 0.2) is 10.2 Å². The van der Waals surface area contributed by atoms with Crippen molar-refractivity contribution in [3.05, 3.63) is 64.6 Å². The molecule has 154 valence electrons. The number of carbonyl (C=O) groups excluding carboxylic acids is 1. The first-order chi connectivity index (χ1) is 14.4. The zero-order valence-corrected chi connectivity index (χ0v) is 17.9. The number of sulfonamides is 1. The third-order valence-electron chi connectivity index (χ3n) is 4.19. The number of hydrazine groups is 1. The molecule has 2 aliphatic heterocycles. The second kappa shape index (κ2) is 8.19. The fourth-order valence-corrected chi connectivity index (χ4v) is 5.23. The first kappa shape index (κ1) is 20.5. The zero-order chi connectivity index (χ0) is 21.3. The Hall–Kier alpha value is -2.73. The molecule has 2 heterocycles. The number of ether oxygens (including phenoxy) is 1. The first-order valence-electron chi connectivity index (χ1n) is 8.81. The topological polar surface area (TPSA) is 114 Å². The summed E-state index contributed by atoms with van der Waals surface area (Å²) < 4.78 is 33.9. The van der Waals surface area contributed by atoms with Crippen molar-refractivity contribution in [2.75, 3.05) is 13.2 Å². The second-order valence-corrected chi connectivity index (χ2v) is 9.50. The molecule has 30 heavy (non-hydrogen) atoms. The summed E-state index contributed by atoms with van der Waals surface area (Å²) in [6, 6.07) is 13.6. The van der Waals surface area contributed by atoms with Gasteiger partial charge in [0.2, 0.25) is 0 Å². The number of nitrogens with one attached hydrogen (secondary N) is 1. The van der Waals surface area contributed by atoms with Gasteiger partial charge in [-0.3, -0.25) is 10.2 Å². The van der Waals surface area contributed by atoms with Gasteiger partial charge in [-0.1, -0.05) is 36.0 Å². The highest BCUT2D eigenvalue weighted by atomic mass is 32.2. The maximum Gasteiger partial charge on any atom is 0.285 e. The molecule has 2 aliphatic rings. The summed E-state index contributed by atoms with van der Waals surface area (Å²) in [4.78, 5) is 13.3. The number of fused-ring (bicyclic) bond motifs is 1. The highest BCUT2D eigenvalue weighted by Crippen LogP contribution is 2.33. The molecule has 0 aliphatic carbocycles. The quantitative estimate of drug-likeness (QED) is 0.514. The average molecular weight is 461 g/mol. The fourth-order valence-electron chi connectivity index (χ4n) is 2.88. The van der Waals surface area contributed by atoms with Crippen LogP contribution in [0.25, 0.3) is 6.08 Å². The number of nitrogens with two attached hydrogens (primary N) is 1. The molecule has 0 saturated carbocycles. The number of carbonyl (C=O) groups is 1. The third-order valence-corrected chi connectivity index (χ3v) is 6.82. The molecule has 1 saturated heterocycles. The van der Waals surface area contributed by atoms with E-state index in [-0.39, 0.29) is 15.1 Å². The summed E-state index contributed by atoms with van der Waals surface area (Å²) in [7, 11) is -3.81. The van der Waals surface area contributed by atoms with E-state index >= 15 is 0 Å². The van der Waals surface area contributed by atoms with Crippen LogP contribution in [0.1, 0.15) is 11.1 Å². The van der Waals surface area contributed by atoms with E-state index in [9.17, 15) is 13.2 Å². The largest absolute Gasteiger partial charge is 0.492 e. The Balaban J connectivity index is 1.56. The Bertz CT molecular complexity index is 1210. The lowest BCUT2D eigenvalue weighted by molar-refractivity contribution is -0.123. The zero-order valence-electron chi connectivity index (χ0n) is 15.4. The van der Waals surface area contributed by atoms with Gasteiger partial charge in [0, 0.05) is 12.1 Å². The van der Waals surface area contributed by atoms with Crippen LogP contribution in [0.15, 0.2) is 62.7 Å². The van der Waals surface area contributed by atoms with Gasteiger partial charge in [0.25, 0.3) is 15.9 Å². The van der Waals surface area contributed by atoms with Gasteiger partial charge >= 0.3 is 0 Å². The number of thioether (sulfide) groups is 1. The lowest BCUT2D eigenvalue weighted by atomic mass is 10.2. The Morgan fingerprint density at radius 2 is 2.03 bits per heavy atom. The molecule has 3 N–H and O–H groups in total. The summed E-state index contributed by atoms with van der Waals surface area (Å²) in [5.74, 6) is 0.299. The number of nitrogens with zero attached hydrogens (tertiary/aromatic N) is 2. The number of amidine groups is 1. The molecule has 0 bridgehead atoms. The van der Waals surface area contributed by atoms with Gasteiger partial charge in [-0.15, -0.1) is 4.40 Å². The molecule has 11 heteroatoms. The van der Waals surface area contributed by atoms with E-state index in [4.69, 9.17) is 22.7 Å². The SMILES string of the molecule is NCCOc1cccc(/C=C2/SC(=S)N(NC3=NS(=O)(=O)c4ccccc43)C2=O)c1. The predicted octanol–water partition coefficient (Wildman–Crippen LogP) is 1.88. The van der Waals surface area contributed by atoms with Crippen molar-refractivity contribution in [3.63, 3.8) is 0 Å². The van der Waals surface area contributed by atoms with Crippen molar-refractivity contribution < 1.29 is 17.9 Å². The van der Waals surface area contributed by atoms with Crippen LogP contribution in [0.4, 0.5) is 0 Å². The van der Waals surface area contributed by atoms with E-state index in [2.05, 4.69) is 9.82 Å². The van der Waals surface area contributed by atoms with E-state index in [1.54, 1.807) is 36.4 Å². The van der Waals surface area contributed by atoms with Gasteiger partial charge < -0.3 is 10.5 Å². The van der Waals surface area contributed by atoms with Crippen LogP contribution >= 0.6 is 24.0 Å². The van der Waals surface area contributed by atoms with Crippen LogP contribution in [-0.4, -0.2) is 42.6 Å². The van der Waals surface area contributed by atoms with Crippen molar-refractivity contribution in [1.82, 2.24) is 10.4 Å². The molecule has 0 radical (unpaired) electrons. The van der Waals surface area contributed by atoms with Crippen LogP contribution in [0.2, 0.25) is 0 Å². The van der Waals surface area contributed by atoms with E-state index in [1.165, 1.54) is 6.07 Å². The molecule has 2 aromatic carbocycles. The van der Waals surface area contributed by atoms with Crippen molar-refractivity contribution in [2.24, 2.45) is 10.1 Å². The standard InChI is InChI=1S/C19H16N4O4S3/c20-8-9-27-13-5-3-4-12(10-13)11-15-18(24)23(19(28)29-15)21-17-14-6-1-2-7-16(14)30(25,26)22-17/h1-7,10-11H,8-9,20H2,(H,21,22)/b15-11+. The summed E-state index contributed by atoms with van der Waals surface area (Å²) in [5.41, 5.74) is 9.36. The number of amides is 1. The summed E-state index contributed by atoms with van der Waals surface area (Å²) >= 11 is 6.41. The average Bonchev–Trinajstić information content (AvgIpc) is 3.14. The summed E-state index contributed by atoms with van der Waals surface area (Å²) in [6.45, 7) is 0.791. The van der Waals surface area contributed by atoms with Crippen molar-refractivity contribution >= 4 is 56.1 Å². The number of benzene rings is 2. The number of thiocarbonyl (C=S) groups is 1. The van der Waals surface area contributed by atoms with Gasteiger partial charge in [-0.2, -0.15) is 13.4 Å². The molecule has 0 unspecified atom stereocenters. The molecule has 2 aromatic rings. The second-order valence-electron chi connectivity index (χ2n) is 6.25. The number of rotatable bonds is 5. The maximum atomic E-state index is 12.9. The van der Waals surface area contributed by atoms with Crippen molar-refractivity contribution in [1.29, 1.82) is 0 Å².